The topological polar surface area (TPSA) is 139 Å². The van der Waals surface area contributed by atoms with Crippen molar-refractivity contribution in [3.63, 3.8) is 0 Å². The molecule has 0 unspecified atom stereocenters. The summed E-state index contributed by atoms with van der Waals surface area (Å²) in [6.45, 7) is 8.62. The molecule has 1 aliphatic heterocycles. The predicted octanol–water partition coefficient (Wildman–Crippen LogP) is 2.41. The Morgan fingerprint density at radius 2 is 1.88 bits per heavy atom. The van der Waals surface area contributed by atoms with Crippen molar-refractivity contribution in [3.8, 4) is 0 Å². The number of aromatic nitrogens is 1. The number of piperidine rings is 1. The zero-order chi connectivity index (χ0) is 24.6. The van der Waals surface area contributed by atoms with Crippen LogP contribution in [0.3, 0.4) is 0 Å². The van der Waals surface area contributed by atoms with Crippen molar-refractivity contribution in [2.45, 2.75) is 62.8 Å². The van der Waals surface area contributed by atoms with Crippen LogP contribution in [-0.4, -0.2) is 50.8 Å². The number of aryl methyl sites for hydroxylation is 2. The highest BCUT2D eigenvalue weighted by Gasteiger charge is 2.36. The molecule has 1 aromatic heterocycles. The summed E-state index contributed by atoms with van der Waals surface area (Å²) in [6.07, 6.45) is 1.04. The van der Waals surface area contributed by atoms with Crippen LogP contribution in [0.2, 0.25) is 0 Å². The van der Waals surface area contributed by atoms with Crippen molar-refractivity contribution in [3.05, 3.63) is 35.7 Å². The van der Waals surface area contributed by atoms with E-state index in [1.807, 2.05) is 0 Å². The van der Waals surface area contributed by atoms with E-state index in [2.05, 4.69) is 15.2 Å². The molecule has 1 atom stereocenters. The first-order chi connectivity index (χ1) is 15.2. The molecule has 1 fully saturated rings. The van der Waals surface area contributed by atoms with Gasteiger partial charge in [-0.3, -0.25) is 4.79 Å². The van der Waals surface area contributed by atoms with Crippen molar-refractivity contribution < 1.29 is 26.2 Å². The molecule has 2 N–H and O–H groups in total. The number of nitrogens with one attached hydrogen (secondary N) is 2. The van der Waals surface area contributed by atoms with Crippen LogP contribution in [-0.2, 0) is 24.8 Å². The summed E-state index contributed by atoms with van der Waals surface area (Å²) >= 11 is 0. The van der Waals surface area contributed by atoms with Crippen LogP contribution >= 0.6 is 0 Å². The van der Waals surface area contributed by atoms with Crippen LogP contribution in [0.5, 0.6) is 0 Å². The molecule has 0 saturated carbocycles. The van der Waals surface area contributed by atoms with Crippen LogP contribution < -0.4 is 10.0 Å². The van der Waals surface area contributed by atoms with Gasteiger partial charge in [-0.15, -0.1) is 0 Å². The van der Waals surface area contributed by atoms with Gasteiger partial charge in [0.1, 0.15) is 10.6 Å². The summed E-state index contributed by atoms with van der Waals surface area (Å²) in [5, 5.41) is 6.46. The second-order valence-electron chi connectivity index (χ2n) is 9.23. The van der Waals surface area contributed by atoms with Gasteiger partial charge < -0.3 is 9.84 Å². The highest BCUT2D eigenvalue weighted by atomic mass is 32.2. The molecule has 33 heavy (non-hydrogen) atoms. The third kappa shape index (κ3) is 5.81. The van der Waals surface area contributed by atoms with E-state index in [1.54, 1.807) is 39.8 Å². The van der Waals surface area contributed by atoms with Crippen LogP contribution in [0.4, 0.5) is 5.69 Å². The lowest BCUT2D eigenvalue weighted by atomic mass is 9.99. The zero-order valence-corrected chi connectivity index (χ0v) is 21.0. The minimum Gasteiger partial charge on any atom is -0.360 e. The number of anilines is 1. The lowest BCUT2D eigenvalue weighted by Crippen LogP contribution is -2.44. The molecule has 0 aliphatic carbocycles. The van der Waals surface area contributed by atoms with Gasteiger partial charge in [0.15, 0.2) is 5.76 Å². The normalized spacial score (nSPS) is 18.3. The van der Waals surface area contributed by atoms with Gasteiger partial charge in [-0.1, -0.05) is 11.2 Å². The summed E-state index contributed by atoms with van der Waals surface area (Å²) in [6, 6.07) is 5.96. The molecule has 2 aromatic rings. The first-order valence-corrected chi connectivity index (χ1v) is 13.5. The minimum absolute atomic E-state index is 0.0157. The van der Waals surface area contributed by atoms with E-state index in [0.717, 1.165) is 0 Å². The molecule has 1 aliphatic rings. The number of sulfonamides is 2. The lowest BCUT2D eigenvalue weighted by Gasteiger charge is -2.31. The number of amides is 1. The van der Waals surface area contributed by atoms with E-state index in [0.29, 0.717) is 25.1 Å². The fourth-order valence-corrected chi connectivity index (χ4v) is 7.07. The number of benzene rings is 1. The van der Waals surface area contributed by atoms with Crippen LogP contribution in [0.1, 0.15) is 45.1 Å². The molecule has 182 valence electrons. The number of carbonyl (C=O) groups excluding carboxylic acids is 1. The molecular weight excluding hydrogens is 468 g/mol. The molecule has 0 bridgehead atoms. The Hall–Kier alpha value is -2.28. The maximum atomic E-state index is 13.1. The SMILES string of the molecule is Cc1noc(C)c1S(=O)(=O)N1CCC[C@@H](C(=O)Nc2cccc(S(=O)(=O)NC(C)(C)C)c2)C1. The molecule has 2 heterocycles. The predicted molar refractivity (Wildman–Crippen MR) is 123 cm³/mol. The standard InChI is InChI=1S/C21H30N4O6S2/c1-14-19(15(2)31-23-14)33(29,30)25-11-7-8-16(13-25)20(26)22-17-9-6-10-18(12-17)32(27,28)24-21(3,4)5/h6,9-10,12,16,24H,7-8,11,13H2,1-5H3,(H,22,26)/t16-/m1/s1. The second kappa shape index (κ2) is 9.16. The van der Waals surface area contributed by atoms with Crippen molar-refractivity contribution >= 4 is 31.6 Å². The van der Waals surface area contributed by atoms with Gasteiger partial charge in [0.25, 0.3) is 0 Å². The highest BCUT2D eigenvalue weighted by molar-refractivity contribution is 7.89. The monoisotopic (exact) mass is 498 g/mol. The summed E-state index contributed by atoms with van der Waals surface area (Å²) in [7, 11) is -7.62. The first kappa shape index (κ1) is 25.3. The van der Waals surface area contributed by atoms with Crippen molar-refractivity contribution in [2.24, 2.45) is 5.92 Å². The number of carbonyl (C=O) groups is 1. The number of nitrogens with zero attached hydrogens (tertiary/aromatic N) is 2. The smallest absolute Gasteiger partial charge is 0.248 e. The Labute approximate surface area is 194 Å². The molecule has 1 amide bonds. The third-order valence-corrected chi connectivity index (χ3v) is 9.04. The Morgan fingerprint density at radius 3 is 2.48 bits per heavy atom. The largest absolute Gasteiger partial charge is 0.360 e. The quantitative estimate of drug-likeness (QED) is 0.623. The summed E-state index contributed by atoms with van der Waals surface area (Å²) in [5.41, 5.74) is -0.0560. The fourth-order valence-electron chi connectivity index (χ4n) is 3.79. The van der Waals surface area contributed by atoms with Gasteiger partial charge >= 0.3 is 0 Å². The van der Waals surface area contributed by atoms with Gasteiger partial charge in [0, 0.05) is 24.3 Å². The average Bonchev–Trinajstić information content (AvgIpc) is 3.05. The van der Waals surface area contributed by atoms with E-state index >= 15 is 0 Å². The molecule has 12 heteroatoms. The summed E-state index contributed by atoms with van der Waals surface area (Å²) in [5.74, 6) is -0.741. The molecule has 3 rings (SSSR count). The lowest BCUT2D eigenvalue weighted by molar-refractivity contribution is -0.120. The minimum atomic E-state index is -3.85. The summed E-state index contributed by atoms with van der Waals surface area (Å²) < 4.78 is 60.3. The van der Waals surface area contributed by atoms with E-state index in [4.69, 9.17) is 4.52 Å². The molecule has 10 nitrogen and oxygen atoms in total. The third-order valence-electron chi connectivity index (χ3n) is 5.17. The molecule has 0 spiro atoms. The van der Waals surface area contributed by atoms with Crippen LogP contribution in [0, 0.1) is 19.8 Å². The van der Waals surface area contributed by atoms with E-state index in [9.17, 15) is 21.6 Å². The van der Waals surface area contributed by atoms with E-state index in [1.165, 1.54) is 23.4 Å². The van der Waals surface area contributed by atoms with Crippen LogP contribution in [0.15, 0.2) is 38.6 Å². The molecular formula is C21H30N4O6S2. The maximum absolute atomic E-state index is 13.1. The highest BCUT2D eigenvalue weighted by Crippen LogP contribution is 2.28. The Kier molecular flexibility index (Phi) is 7.04. The number of rotatable bonds is 6. The maximum Gasteiger partial charge on any atom is 0.248 e. The van der Waals surface area contributed by atoms with Gasteiger partial charge in [-0.05, 0) is 65.7 Å². The van der Waals surface area contributed by atoms with Crippen molar-refractivity contribution in [1.29, 1.82) is 0 Å². The Morgan fingerprint density at radius 1 is 1.18 bits per heavy atom. The average molecular weight is 499 g/mol. The molecule has 1 aromatic carbocycles. The van der Waals surface area contributed by atoms with Crippen LogP contribution in [0.25, 0.3) is 0 Å². The number of hydrogen-bond donors (Lipinski definition) is 2. The summed E-state index contributed by atoms with van der Waals surface area (Å²) in [4.78, 5) is 13.0. The fraction of sp³-hybridized carbons (Fsp3) is 0.524. The Balaban J connectivity index is 1.75. The van der Waals surface area contributed by atoms with Gasteiger partial charge in [0.05, 0.1) is 10.8 Å². The first-order valence-electron chi connectivity index (χ1n) is 10.6. The van der Waals surface area contributed by atoms with Gasteiger partial charge in [-0.25, -0.2) is 21.6 Å². The van der Waals surface area contributed by atoms with E-state index in [-0.39, 0.29) is 33.7 Å². The number of hydrogen-bond acceptors (Lipinski definition) is 7. The van der Waals surface area contributed by atoms with Crippen molar-refractivity contribution in [2.75, 3.05) is 18.4 Å². The zero-order valence-electron chi connectivity index (χ0n) is 19.4. The van der Waals surface area contributed by atoms with Gasteiger partial charge in [0.2, 0.25) is 26.0 Å². The van der Waals surface area contributed by atoms with Crippen molar-refractivity contribution in [1.82, 2.24) is 14.2 Å². The second-order valence-corrected chi connectivity index (χ2v) is 12.8. The molecule has 1 saturated heterocycles. The van der Waals surface area contributed by atoms with Gasteiger partial charge in [-0.2, -0.15) is 4.31 Å². The van der Waals surface area contributed by atoms with E-state index < -0.39 is 31.5 Å². The Bertz CT molecular complexity index is 1230. The molecule has 0 radical (unpaired) electrons.